The first-order chi connectivity index (χ1) is 13.5. The molecule has 0 N–H and O–H groups in total. The van der Waals surface area contributed by atoms with Crippen LogP contribution in [0.3, 0.4) is 0 Å². The molecule has 0 aromatic heterocycles. The Morgan fingerprint density at radius 2 is 1.57 bits per heavy atom. The third-order valence-electron chi connectivity index (χ3n) is 4.96. The van der Waals surface area contributed by atoms with Gasteiger partial charge in [-0.2, -0.15) is 0 Å². The van der Waals surface area contributed by atoms with Gasteiger partial charge in [0.15, 0.2) is 0 Å². The molecule has 3 aromatic rings. The van der Waals surface area contributed by atoms with Crippen LogP contribution in [0.5, 0.6) is 11.5 Å². The van der Waals surface area contributed by atoms with Crippen molar-refractivity contribution in [1.29, 1.82) is 0 Å². The van der Waals surface area contributed by atoms with Crippen molar-refractivity contribution in [3.8, 4) is 11.5 Å². The maximum absolute atomic E-state index is 6.20. The molecule has 0 amide bonds. The number of halogens is 2. The van der Waals surface area contributed by atoms with Gasteiger partial charge in [-0.05, 0) is 53.9 Å². The Bertz CT molecular complexity index is 911. The number of hydrogen-bond acceptors (Lipinski definition) is 2. The highest BCUT2D eigenvalue weighted by molar-refractivity contribution is 6.42. The van der Waals surface area contributed by atoms with E-state index in [1.54, 1.807) is 0 Å². The molecule has 0 aliphatic rings. The van der Waals surface area contributed by atoms with E-state index >= 15 is 0 Å². The van der Waals surface area contributed by atoms with Crippen LogP contribution in [0.4, 0.5) is 0 Å². The molecule has 146 valence electrons. The van der Waals surface area contributed by atoms with E-state index in [1.807, 2.05) is 72.8 Å². The summed E-state index contributed by atoms with van der Waals surface area (Å²) in [5, 5.41) is 1.14. The highest BCUT2D eigenvalue weighted by atomic mass is 35.5. The fourth-order valence-electron chi connectivity index (χ4n) is 2.98. The molecule has 4 heteroatoms. The molecule has 3 aromatic carbocycles. The Kier molecular flexibility index (Phi) is 7.01. The fourth-order valence-corrected chi connectivity index (χ4v) is 3.28. The quantitative estimate of drug-likeness (QED) is 0.376. The SMILES string of the molecule is CC[C@@](C)(COCc1cccc(Oc2ccccc2)c1)c1ccc(Cl)c(Cl)c1. The number of ether oxygens (including phenoxy) is 2. The second-order valence-corrected chi connectivity index (χ2v) is 7.91. The minimum absolute atomic E-state index is 0.133. The lowest BCUT2D eigenvalue weighted by atomic mass is 9.81. The lowest BCUT2D eigenvalue weighted by molar-refractivity contribution is 0.0747. The Hall–Kier alpha value is -2.00. The van der Waals surface area contributed by atoms with Gasteiger partial charge in [-0.25, -0.2) is 0 Å². The summed E-state index contributed by atoms with van der Waals surface area (Å²) in [6, 6.07) is 23.5. The number of benzene rings is 3. The molecule has 0 heterocycles. The van der Waals surface area contributed by atoms with Crippen molar-refractivity contribution in [2.24, 2.45) is 0 Å². The van der Waals surface area contributed by atoms with E-state index in [1.165, 1.54) is 0 Å². The predicted octanol–water partition coefficient (Wildman–Crippen LogP) is 7.67. The largest absolute Gasteiger partial charge is 0.457 e. The van der Waals surface area contributed by atoms with E-state index in [4.69, 9.17) is 32.7 Å². The molecule has 0 radical (unpaired) electrons. The standard InChI is InChI=1S/C24H24Cl2O2/c1-3-24(2,19-12-13-22(25)23(26)15-19)17-27-16-18-8-7-11-21(14-18)28-20-9-5-4-6-10-20/h4-15H,3,16-17H2,1-2H3/t24-/m0/s1. The monoisotopic (exact) mass is 414 g/mol. The normalized spacial score (nSPS) is 13.1. The maximum Gasteiger partial charge on any atom is 0.127 e. The fraction of sp³-hybridized carbons (Fsp3) is 0.250. The second kappa shape index (κ2) is 9.47. The molecule has 0 unspecified atom stereocenters. The van der Waals surface area contributed by atoms with E-state index in [9.17, 15) is 0 Å². The van der Waals surface area contributed by atoms with Gasteiger partial charge in [0, 0.05) is 5.41 Å². The van der Waals surface area contributed by atoms with E-state index in [0.29, 0.717) is 23.3 Å². The van der Waals surface area contributed by atoms with Gasteiger partial charge in [0.05, 0.1) is 23.3 Å². The number of para-hydroxylation sites is 1. The van der Waals surface area contributed by atoms with Crippen LogP contribution < -0.4 is 4.74 Å². The third-order valence-corrected chi connectivity index (χ3v) is 5.70. The van der Waals surface area contributed by atoms with Crippen LogP contribution in [-0.2, 0) is 16.8 Å². The molecule has 0 aliphatic heterocycles. The molecule has 0 aliphatic carbocycles. The second-order valence-electron chi connectivity index (χ2n) is 7.10. The summed E-state index contributed by atoms with van der Waals surface area (Å²) in [6.07, 6.45) is 0.933. The van der Waals surface area contributed by atoms with E-state index in [0.717, 1.165) is 29.0 Å². The van der Waals surface area contributed by atoms with E-state index < -0.39 is 0 Å². The van der Waals surface area contributed by atoms with Crippen molar-refractivity contribution < 1.29 is 9.47 Å². The van der Waals surface area contributed by atoms with Crippen molar-refractivity contribution >= 4 is 23.2 Å². The smallest absolute Gasteiger partial charge is 0.127 e. The molecule has 0 saturated heterocycles. The maximum atomic E-state index is 6.20. The molecule has 0 spiro atoms. The lowest BCUT2D eigenvalue weighted by Crippen LogP contribution is -2.27. The summed E-state index contributed by atoms with van der Waals surface area (Å²) in [7, 11) is 0. The van der Waals surface area contributed by atoms with Gasteiger partial charge < -0.3 is 9.47 Å². The highest BCUT2D eigenvalue weighted by Crippen LogP contribution is 2.33. The average Bonchev–Trinajstić information content (AvgIpc) is 2.71. The van der Waals surface area contributed by atoms with Gasteiger partial charge in [-0.3, -0.25) is 0 Å². The number of hydrogen-bond donors (Lipinski definition) is 0. The van der Waals surface area contributed by atoms with E-state index in [2.05, 4.69) is 13.8 Å². The summed E-state index contributed by atoms with van der Waals surface area (Å²) in [4.78, 5) is 0. The van der Waals surface area contributed by atoms with Gasteiger partial charge >= 0.3 is 0 Å². The Morgan fingerprint density at radius 1 is 0.821 bits per heavy atom. The van der Waals surface area contributed by atoms with Crippen LogP contribution in [0.2, 0.25) is 10.0 Å². The Morgan fingerprint density at radius 3 is 2.29 bits per heavy atom. The summed E-state index contributed by atoms with van der Waals surface area (Å²) < 4.78 is 12.0. The van der Waals surface area contributed by atoms with Crippen molar-refractivity contribution in [1.82, 2.24) is 0 Å². The van der Waals surface area contributed by atoms with Gasteiger partial charge in [-0.1, -0.05) is 73.4 Å². The first-order valence-corrected chi connectivity index (χ1v) is 10.1. The highest BCUT2D eigenvalue weighted by Gasteiger charge is 2.25. The molecule has 0 fully saturated rings. The molecule has 28 heavy (non-hydrogen) atoms. The molecule has 1 atom stereocenters. The summed E-state index contributed by atoms with van der Waals surface area (Å²) in [5.74, 6) is 1.62. The molecular formula is C24H24Cl2O2. The van der Waals surface area contributed by atoms with Gasteiger partial charge in [-0.15, -0.1) is 0 Å². The third kappa shape index (κ3) is 5.29. The summed E-state index contributed by atoms with van der Waals surface area (Å²) in [5.41, 5.74) is 2.07. The minimum Gasteiger partial charge on any atom is -0.457 e. The van der Waals surface area contributed by atoms with Crippen LogP contribution in [-0.4, -0.2) is 6.61 Å². The van der Waals surface area contributed by atoms with Crippen LogP contribution in [0, 0.1) is 0 Å². The Labute approximate surface area is 177 Å². The zero-order valence-electron chi connectivity index (χ0n) is 16.1. The molecule has 2 nitrogen and oxygen atoms in total. The van der Waals surface area contributed by atoms with Gasteiger partial charge in [0.1, 0.15) is 11.5 Å². The van der Waals surface area contributed by atoms with Crippen LogP contribution in [0.25, 0.3) is 0 Å². The van der Waals surface area contributed by atoms with Crippen molar-refractivity contribution in [3.05, 3.63) is 94.0 Å². The van der Waals surface area contributed by atoms with Crippen LogP contribution in [0.1, 0.15) is 31.4 Å². The van der Waals surface area contributed by atoms with Crippen molar-refractivity contribution in [2.45, 2.75) is 32.3 Å². The first-order valence-electron chi connectivity index (χ1n) is 9.35. The molecule has 0 bridgehead atoms. The first kappa shape index (κ1) is 20.7. The predicted molar refractivity (Wildman–Crippen MR) is 117 cm³/mol. The summed E-state index contributed by atoms with van der Waals surface area (Å²) >= 11 is 12.3. The lowest BCUT2D eigenvalue weighted by Gasteiger charge is -2.29. The zero-order valence-corrected chi connectivity index (χ0v) is 17.6. The minimum atomic E-state index is -0.133. The Balaban J connectivity index is 1.63. The van der Waals surface area contributed by atoms with Crippen molar-refractivity contribution in [2.75, 3.05) is 6.61 Å². The van der Waals surface area contributed by atoms with Crippen LogP contribution in [0.15, 0.2) is 72.8 Å². The van der Waals surface area contributed by atoms with Gasteiger partial charge in [0.25, 0.3) is 0 Å². The van der Waals surface area contributed by atoms with Gasteiger partial charge in [0.2, 0.25) is 0 Å². The average molecular weight is 415 g/mol. The topological polar surface area (TPSA) is 18.5 Å². The molecule has 3 rings (SSSR count). The molecule has 0 saturated carbocycles. The molecular weight excluding hydrogens is 391 g/mol. The van der Waals surface area contributed by atoms with Crippen molar-refractivity contribution in [3.63, 3.8) is 0 Å². The zero-order chi connectivity index (χ0) is 20.0. The number of rotatable bonds is 8. The van der Waals surface area contributed by atoms with E-state index in [-0.39, 0.29) is 5.41 Å². The van der Waals surface area contributed by atoms with Crippen LogP contribution >= 0.6 is 23.2 Å². The summed E-state index contributed by atoms with van der Waals surface area (Å²) in [6.45, 7) is 5.44.